The van der Waals surface area contributed by atoms with Crippen LogP contribution in [0, 0.1) is 17.3 Å². The maximum atomic E-state index is 11.5. The molecule has 4 heterocycles. The highest BCUT2D eigenvalue weighted by atomic mass is 35.5. The largest absolute Gasteiger partial charge is 0.481 e. The normalized spacial score (nSPS) is 27.1. The van der Waals surface area contributed by atoms with Crippen molar-refractivity contribution in [3.63, 3.8) is 0 Å². The number of hydrogen-bond acceptors (Lipinski definition) is 7. The lowest BCUT2D eigenvalue weighted by Crippen LogP contribution is -2.58. The van der Waals surface area contributed by atoms with Gasteiger partial charge in [-0.25, -0.2) is 4.98 Å². The van der Waals surface area contributed by atoms with Gasteiger partial charge >= 0.3 is 5.97 Å². The summed E-state index contributed by atoms with van der Waals surface area (Å²) in [6, 6.07) is 8.01. The average Bonchev–Trinajstić information content (AvgIpc) is 3.30. The van der Waals surface area contributed by atoms with E-state index in [4.69, 9.17) is 33.2 Å². The zero-order valence-corrected chi connectivity index (χ0v) is 24.0. The van der Waals surface area contributed by atoms with Crippen molar-refractivity contribution in [2.45, 2.75) is 51.6 Å². The van der Waals surface area contributed by atoms with Gasteiger partial charge in [0.25, 0.3) is 0 Å². The van der Waals surface area contributed by atoms with Crippen LogP contribution in [0.4, 0.5) is 11.8 Å². The molecule has 0 radical (unpaired) electrons. The van der Waals surface area contributed by atoms with Gasteiger partial charge in [0.15, 0.2) is 0 Å². The van der Waals surface area contributed by atoms with E-state index >= 15 is 0 Å². The van der Waals surface area contributed by atoms with Gasteiger partial charge in [-0.3, -0.25) is 4.79 Å². The first kappa shape index (κ1) is 26.1. The van der Waals surface area contributed by atoms with Crippen LogP contribution in [0.1, 0.15) is 51.1 Å². The Kier molecular flexibility index (Phi) is 6.95. The van der Waals surface area contributed by atoms with Crippen LogP contribution in [0.3, 0.4) is 0 Å². The predicted molar refractivity (Wildman–Crippen MR) is 155 cm³/mol. The smallest absolute Gasteiger partial charge is 0.309 e. The quantitative estimate of drug-likeness (QED) is 0.330. The van der Waals surface area contributed by atoms with Gasteiger partial charge < -0.3 is 20.2 Å². The van der Waals surface area contributed by atoms with Crippen molar-refractivity contribution >= 4 is 62.5 Å². The number of halogens is 2. The molecule has 10 heteroatoms. The van der Waals surface area contributed by atoms with Crippen molar-refractivity contribution in [3.8, 4) is 0 Å². The number of aliphatic carboxylic acids is 1. The highest BCUT2D eigenvalue weighted by Crippen LogP contribution is 2.45. The molecule has 2 aliphatic heterocycles. The topological polar surface area (TPSA) is 81.6 Å². The van der Waals surface area contributed by atoms with E-state index < -0.39 is 11.4 Å². The summed E-state index contributed by atoms with van der Waals surface area (Å²) >= 11 is 14.2. The van der Waals surface area contributed by atoms with Gasteiger partial charge in [0.05, 0.1) is 21.7 Å². The molecule has 7 nitrogen and oxygen atoms in total. The van der Waals surface area contributed by atoms with Crippen molar-refractivity contribution < 1.29 is 9.90 Å². The SMILES string of the molecule is CC(Nc1nc(N2CC(C3CCCN(C4CC(C)(C(=O)O)C4)C3)C2)nc2ccsc12)c1ccc(Cl)cc1Cl. The lowest BCUT2D eigenvalue weighted by molar-refractivity contribution is -0.158. The average molecular weight is 575 g/mol. The number of piperidine rings is 1. The number of fused-ring (bicyclic) bond motifs is 1. The first-order valence-electron chi connectivity index (χ1n) is 13.4. The molecule has 3 aromatic rings. The van der Waals surface area contributed by atoms with Crippen molar-refractivity contribution in [2.24, 2.45) is 17.3 Å². The lowest BCUT2D eigenvalue weighted by Gasteiger charge is -2.52. The standard InChI is InChI=1S/C28H33Cl2N5O2S/c1-16(21-6-5-19(29)10-22(21)30)31-25-24-23(7-9-38-24)32-27(33-25)35-14-18(15-35)17-4-3-8-34(13-17)20-11-28(2,12-20)26(36)37/h5-7,9-10,16-18,20H,3-4,8,11-15H2,1-2H3,(H,36,37)(H,31,32,33). The van der Waals surface area contributed by atoms with Gasteiger partial charge in [-0.15, -0.1) is 11.3 Å². The summed E-state index contributed by atoms with van der Waals surface area (Å²) in [5.41, 5.74) is 1.39. The molecule has 2 unspecified atom stereocenters. The summed E-state index contributed by atoms with van der Waals surface area (Å²) in [7, 11) is 0. The van der Waals surface area contributed by atoms with Gasteiger partial charge in [0.1, 0.15) is 5.82 Å². The van der Waals surface area contributed by atoms with Crippen LogP contribution in [0.5, 0.6) is 0 Å². The molecule has 1 aromatic carbocycles. The molecule has 2 saturated heterocycles. The molecule has 2 aromatic heterocycles. The van der Waals surface area contributed by atoms with E-state index in [1.54, 1.807) is 17.4 Å². The number of aromatic nitrogens is 2. The molecule has 3 fully saturated rings. The molecule has 2 atom stereocenters. The first-order valence-corrected chi connectivity index (χ1v) is 15.0. The van der Waals surface area contributed by atoms with E-state index in [0.29, 0.717) is 27.9 Å². The van der Waals surface area contributed by atoms with E-state index in [1.165, 1.54) is 12.8 Å². The minimum Gasteiger partial charge on any atom is -0.481 e. The van der Waals surface area contributed by atoms with Crippen LogP contribution in [0.25, 0.3) is 10.2 Å². The summed E-state index contributed by atoms with van der Waals surface area (Å²) in [5.74, 6) is 2.21. The third-order valence-corrected chi connectivity index (χ3v) is 10.3. The Hall–Kier alpha value is -2.13. The van der Waals surface area contributed by atoms with E-state index in [1.807, 2.05) is 19.1 Å². The van der Waals surface area contributed by atoms with Gasteiger partial charge in [0, 0.05) is 35.7 Å². The van der Waals surface area contributed by atoms with Gasteiger partial charge in [-0.1, -0.05) is 29.3 Å². The highest BCUT2D eigenvalue weighted by molar-refractivity contribution is 7.17. The van der Waals surface area contributed by atoms with Crippen LogP contribution in [-0.2, 0) is 4.79 Å². The number of benzene rings is 1. The number of anilines is 2. The number of thiophene rings is 1. The second-order valence-corrected chi connectivity index (χ2v) is 13.3. The first-order chi connectivity index (χ1) is 18.2. The number of carboxylic acids is 1. The fraction of sp³-hybridized carbons (Fsp3) is 0.536. The second kappa shape index (κ2) is 10.1. The number of hydrogen-bond donors (Lipinski definition) is 2. The minimum absolute atomic E-state index is 0.0420. The van der Waals surface area contributed by atoms with Gasteiger partial charge in [-0.05, 0) is 87.1 Å². The van der Waals surface area contributed by atoms with Gasteiger partial charge in [0.2, 0.25) is 5.95 Å². The van der Waals surface area contributed by atoms with Crippen LogP contribution >= 0.6 is 34.5 Å². The molecule has 0 bridgehead atoms. The van der Waals surface area contributed by atoms with E-state index in [2.05, 4.69) is 33.5 Å². The Balaban J connectivity index is 1.11. The molecule has 6 rings (SSSR count). The summed E-state index contributed by atoms with van der Waals surface area (Å²) in [4.78, 5) is 26.2. The number of nitrogens with zero attached hydrogens (tertiary/aromatic N) is 4. The maximum Gasteiger partial charge on any atom is 0.309 e. The highest BCUT2D eigenvalue weighted by Gasteiger charge is 2.49. The fourth-order valence-corrected chi connectivity index (χ4v) is 7.73. The Bertz CT molecular complexity index is 1350. The van der Waals surface area contributed by atoms with Crippen LogP contribution < -0.4 is 10.2 Å². The monoisotopic (exact) mass is 573 g/mol. The molecule has 1 aliphatic carbocycles. The third-order valence-electron chi connectivity index (χ3n) is 8.83. The fourth-order valence-electron chi connectivity index (χ4n) is 6.37. The van der Waals surface area contributed by atoms with Crippen LogP contribution in [-0.4, -0.2) is 58.2 Å². The molecule has 3 aliphatic rings. The summed E-state index contributed by atoms with van der Waals surface area (Å²) < 4.78 is 1.04. The molecule has 0 spiro atoms. The predicted octanol–water partition coefficient (Wildman–Crippen LogP) is 6.57. The second-order valence-electron chi connectivity index (χ2n) is 11.5. The van der Waals surface area contributed by atoms with Crippen molar-refractivity contribution in [1.82, 2.24) is 14.9 Å². The number of rotatable bonds is 7. The zero-order valence-electron chi connectivity index (χ0n) is 21.7. The van der Waals surface area contributed by atoms with Crippen molar-refractivity contribution in [3.05, 3.63) is 45.3 Å². The molecule has 1 saturated carbocycles. The number of carboxylic acid groups (broad SMARTS) is 1. The third kappa shape index (κ3) is 4.85. The maximum absolute atomic E-state index is 11.5. The summed E-state index contributed by atoms with van der Waals surface area (Å²) in [5, 5.41) is 16.4. The Morgan fingerprint density at radius 3 is 2.71 bits per heavy atom. The molecule has 0 amide bonds. The van der Waals surface area contributed by atoms with E-state index in [9.17, 15) is 9.90 Å². The van der Waals surface area contributed by atoms with Crippen molar-refractivity contribution in [1.29, 1.82) is 0 Å². The summed E-state index contributed by atoms with van der Waals surface area (Å²) in [6.07, 6.45) is 3.98. The zero-order chi connectivity index (χ0) is 26.6. The Morgan fingerprint density at radius 1 is 1.18 bits per heavy atom. The summed E-state index contributed by atoms with van der Waals surface area (Å²) in [6.45, 7) is 8.06. The van der Waals surface area contributed by atoms with Crippen LogP contribution in [0.15, 0.2) is 29.6 Å². The molecule has 202 valence electrons. The minimum atomic E-state index is -0.654. The van der Waals surface area contributed by atoms with Crippen molar-refractivity contribution in [2.75, 3.05) is 36.4 Å². The van der Waals surface area contributed by atoms with Gasteiger partial charge in [-0.2, -0.15) is 4.98 Å². The molecule has 38 heavy (non-hydrogen) atoms. The lowest BCUT2D eigenvalue weighted by atomic mass is 9.65. The Labute approximate surface area is 237 Å². The Morgan fingerprint density at radius 2 is 1.97 bits per heavy atom. The van der Waals surface area contributed by atoms with Crippen LogP contribution in [0.2, 0.25) is 10.0 Å². The van der Waals surface area contributed by atoms with E-state index in [-0.39, 0.29) is 6.04 Å². The molecule has 2 N–H and O–H groups in total. The van der Waals surface area contributed by atoms with E-state index in [0.717, 1.165) is 66.6 Å². The molecular weight excluding hydrogens is 541 g/mol. The number of carbonyl (C=O) groups is 1. The number of nitrogens with one attached hydrogen (secondary N) is 1. The molecular formula is C28H33Cl2N5O2S. The number of likely N-dealkylation sites (tertiary alicyclic amines) is 1.